The summed E-state index contributed by atoms with van der Waals surface area (Å²) in [7, 11) is 0. The molecule has 4 nitrogen and oxygen atoms in total. The fourth-order valence-electron chi connectivity index (χ4n) is 4.58. The molecule has 2 N–H and O–H groups in total. The van der Waals surface area contributed by atoms with Crippen LogP contribution in [-0.4, -0.2) is 23.2 Å². The van der Waals surface area contributed by atoms with Gasteiger partial charge in [0.05, 0.1) is 0 Å². The van der Waals surface area contributed by atoms with Crippen molar-refractivity contribution in [2.24, 2.45) is 0 Å². The van der Waals surface area contributed by atoms with Gasteiger partial charge in [0, 0.05) is 12.1 Å². The lowest BCUT2D eigenvalue weighted by Crippen LogP contribution is -2.29. The first-order valence-corrected chi connectivity index (χ1v) is 10.7. The molecule has 0 aromatic heterocycles. The number of aliphatic carboxylic acids is 1. The molecule has 4 atom stereocenters. The molecule has 4 rings (SSSR count). The molecule has 1 saturated carbocycles. The predicted octanol–water partition coefficient (Wildman–Crippen LogP) is 5.68. The van der Waals surface area contributed by atoms with Gasteiger partial charge in [0.2, 0.25) is 0 Å². The maximum Gasteiger partial charge on any atom is 0.344 e. The Kier molecular flexibility index (Phi) is 6.05. The average molecular weight is 404 g/mol. The van der Waals surface area contributed by atoms with Gasteiger partial charge in [-0.1, -0.05) is 54.6 Å². The third kappa shape index (κ3) is 4.49. The van der Waals surface area contributed by atoms with Gasteiger partial charge in [0.15, 0.2) is 6.10 Å². The maximum absolute atomic E-state index is 10.9. The van der Waals surface area contributed by atoms with Crippen molar-refractivity contribution < 1.29 is 14.6 Å². The van der Waals surface area contributed by atoms with Gasteiger partial charge in [-0.05, 0) is 73.1 Å². The number of carboxylic acid groups (broad SMARTS) is 1. The number of nitrogens with one attached hydrogen (secondary N) is 1. The van der Waals surface area contributed by atoms with E-state index in [0.29, 0.717) is 23.8 Å². The van der Waals surface area contributed by atoms with E-state index in [1.54, 1.807) is 6.92 Å². The zero-order valence-corrected chi connectivity index (χ0v) is 17.5. The zero-order chi connectivity index (χ0) is 21.1. The van der Waals surface area contributed by atoms with Crippen molar-refractivity contribution in [3.8, 4) is 5.75 Å². The highest BCUT2D eigenvalue weighted by Crippen LogP contribution is 2.36. The summed E-state index contributed by atoms with van der Waals surface area (Å²) < 4.78 is 5.44. The summed E-state index contributed by atoms with van der Waals surface area (Å²) in [5.74, 6) is 0.170. The van der Waals surface area contributed by atoms with Crippen LogP contribution in [0.3, 0.4) is 0 Å². The van der Waals surface area contributed by atoms with E-state index in [1.807, 2.05) is 12.1 Å². The molecule has 1 aliphatic carbocycles. The molecule has 0 spiro atoms. The van der Waals surface area contributed by atoms with Crippen molar-refractivity contribution >= 4 is 16.7 Å². The van der Waals surface area contributed by atoms with Gasteiger partial charge in [0.25, 0.3) is 0 Å². The molecular formula is C26H29NO3. The van der Waals surface area contributed by atoms with E-state index < -0.39 is 12.1 Å². The minimum atomic E-state index is -0.955. The Morgan fingerprint density at radius 1 is 1.00 bits per heavy atom. The van der Waals surface area contributed by atoms with Crippen molar-refractivity contribution in [3.05, 3.63) is 77.9 Å². The normalized spacial score (nSPS) is 20.7. The van der Waals surface area contributed by atoms with Crippen molar-refractivity contribution in [2.45, 2.75) is 57.2 Å². The first-order valence-electron chi connectivity index (χ1n) is 10.7. The van der Waals surface area contributed by atoms with Crippen LogP contribution in [0.4, 0.5) is 0 Å². The molecule has 0 bridgehead atoms. The van der Waals surface area contributed by atoms with E-state index in [9.17, 15) is 4.79 Å². The minimum absolute atomic E-state index is 0.299. The Bertz CT molecular complexity index is 1010. The standard InChI is InChI=1S/C26H29NO3/c1-17(24-9-5-7-20-6-3-4-8-25(20)24)27-22-13-10-21(16-22)19-11-14-23(15-12-19)30-18(2)26(28)29/h3-9,11-12,14-15,17-18,21-22,27H,10,13,16H2,1-2H3,(H,28,29)/t17?,18?,21-,22+/m1/s1. The number of carboxylic acids is 1. The lowest BCUT2D eigenvalue weighted by molar-refractivity contribution is -0.144. The number of hydrogen-bond acceptors (Lipinski definition) is 3. The van der Waals surface area contributed by atoms with Crippen molar-refractivity contribution in [1.82, 2.24) is 5.32 Å². The predicted molar refractivity (Wildman–Crippen MR) is 120 cm³/mol. The molecule has 0 heterocycles. The Balaban J connectivity index is 1.38. The highest BCUT2D eigenvalue weighted by Gasteiger charge is 2.27. The number of hydrogen-bond donors (Lipinski definition) is 2. The smallest absolute Gasteiger partial charge is 0.344 e. The molecule has 0 aliphatic heterocycles. The van der Waals surface area contributed by atoms with Crippen LogP contribution in [0.5, 0.6) is 5.75 Å². The van der Waals surface area contributed by atoms with Crippen LogP contribution < -0.4 is 10.1 Å². The topological polar surface area (TPSA) is 58.6 Å². The van der Waals surface area contributed by atoms with Gasteiger partial charge >= 0.3 is 5.97 Å². The molecule has 2 unspecified atom stereocenters. The Morgan fingerprint density at radius 2 is 1.73 bits per heavy atom. The summed E-state index contributed by atoms with van der Waals surface area (Å²) in [5.41, 5.74) is 2.65. The van der Waals surface area contributed by atoms with E-state index >= 15 is 0 Å². The summed E-state index contributed by atoms with van der Waals surface area (Å²) >= 11 is 0. The van der Waals surface area contributed by atoms with Gasteiger partial charge in [-0.15, -0.1) is 0 Å². The molecule has 4 heteroatoms. The van der Waals surface area contributed by atoms with Crippen LogP contribution in [0.1, 0.15) is 56.2 Å². The quantitative estimate of drug-likeness (QED) is 0.533. The molecule has 1 fully saturated rings. The number of carbonyl (C=O) groups is 1. The van der Waals surface area contributed by atoms with Crippen molar-refractivity contribution in [2.75, 3.05) is 0 Å². The molecule has 156 valence electrons. The molecule has 1 aliphatic rings. The number of ether oxygens (including phenoxy) is 1. The third-order valence-corrected chi connectivity index (χ3v) is 6.22. The lowest BCUT2D eigenvalue weighted by Gasteiger charge is -2.21. The van der Waals surface area contributed by atoms with Crippen LogP contribution in [-0.2, 0) is 4.79 Å². The summed E-state index contributed by atoms with van der Waals surface area (Å²) in [5, 5.41) is 15.4. The van der Waals surface area contributed by atoms with Crippen LogP contribution >= 0.6 is 0 Å². The SMILES string of the molecule is CC(Oc1ccc([C@@H]2CC[C@H](NC(C)c3cccc4ccccc34)C2)cc1)C(=O)O. The molecule has 3 aromatic rings. The molecule has 3 aromatic carbocycles. The minimum Gasteiger partial charge on any atom is -0.479 e. The van der Waals surface area contributed by atoms with Crippen molar-refractivity contribution in [1.29, 1.82) is 0 Å². The van der Waals surface area contributed by atoms with Gasteiger partial charge in [0.1, 0.15) is 5.75 Å². The van der Waals surface area contributed by atoms with Gasteiger partial charge in [-0.25, -0.2) is 4.79 Å². The number of benzene rings is 3. The molecule has 30 heavy (non-hydrogen) atoms. The average Bonchev–Trinajstić information content (AvgIpc) is 3.22. The molecule has 0 saturated heterocycles. The zero-order valence-electron chi connectivity index (χ0n) is 17.5. The van der Waals surface area contributed by atoms with E-state index in [-0.39, 0.29) is 0 Å². The van der Waals surface area contributed by atoms with Crippen LogP contribution in [0.2, 0.25) is 0 Å². The second-order valence-corrected chi connectivity index (χ2v) is 8.33. The fourth-order valence-corrected chi connectivity index (χ4v) is 4.58. The Labute approximate surface area is 177 Å². The monoisotopic (exact) mass is 403 g/mol. The number of rotatable bonds is 7. The first kappa shape index (κ1) is 20.4. The van der Waals surface area contributed by atoms with Crippen molar-refractivity contribution in [3.63, 3.8) is 0 Å². The second kappa shape index (κ2) is 8.88. The summed E-state index contributed by atoms with van der Waals surface area (Å²) in [6.07, 6.45) is 2.59. The van der Waals surface area contributed by atoms with E-state index in [0.717, 1.165) is 19.3 Å². The summed E-state index contributed by atoms with van der Waals surface area (Å²) in [4.78, 5) is 10.9. The number of fused-ring (bicyclic) bond motifs is 1. The van der Waals surface area contributed by atoms with E-state index in [2.05, 4.69) is 66.8 Å². The van der Waals surface area contributed by atoms with Gasteiger partial charge < -0.3 is 15.2 Å². The van der Waals surface area contributed by atoms with E-state index in [4.69, 9.17) is 9.84 Å². The van der Waals surface area contributed by atoms with Gasteiger partial charge in [-0.3, -0.25) is 0 Å². The fraction of sp³-hybridized carbons (Fsp3) is 0.346. The van der Waals surface area contributed by atoms with E-state index in [1.165, 1.54) is 21.9 Å². The van der Waals surface area contributed by atoms with Gasteiger partial charge in [-0.2, -0.15) is 0 Å². The summed E-state index contributed by atoms with van der Waals surface area (Å²) in [6, 6.07) is 23.8. The second-order valence-electron chi connectivity index (χ2n) is 8.33. The van der Waals surface area contributed by atoms with Crippen LogP contribution in [0, 0.1) is 0 Å². The summed E-state index contributed by atoms with van der Waals surface area (Å²) in [6.45, 7) is 3.80. The molecular weight excluding hydrogens is 374 g/mol. The highest BCUT2D eigenvalue weighted by atomic mass is 16.5. The van der Waals surface area contributed by atoms with Crippen LogP contribution in [0.25, 0.3) is 10.8 Å². The maximum atomic E-state index is 10.9. The Morgan fingerprint density at radius 3 is 2.50 bits per heavy atom. The Hall–Kier alpha value is -2.85. The largest absolute Gasteiger partial charge is 0.479 e. The first-order chi connectivity index (χ1) is 14.5. The lowest BCUT2D eigenvalue weighted by atomic mass is 9.96. The molecule has 0 amide bonds. The van der Waals surface area contributed by atoms with Crippen LogP contribution in [0.15, 0.2) is 66.7 Å². The third-order valence-electron chi connectivity index (χ3n) is 6.22. The molecule has 0 radical (unpaired) electrons. The highest BCUT2D eigenvalue weighted by molar-refractivity contribution is 5.86.